The molecule has 2 aromatic carbocycles. The topological polar surface area (TPSA) is 46.5 Å². The number of ether oxygens (including phenoxy) is 1. The second-order valence-corrected chi connectivity index (χ2v) is 6.96. The maximum absolute atomic E-state index is 11.6. The van der Waals surface area contributed by atoms with Crippen molar-refractivity contribution in [1.29, 1.82) is 0 Å². The first-order chi connectivity index (χ1) is 10.8. The maximum Gasteiger partial charge on any atom is 0.345 e. The molecule has 0 saturated carbocycles. The molecule has 0 aliphatic carbocycles. The standard InChI is InChI=1S/C19H21ClO3/c1-19(2,3)15-6-4-5-7-16(15)23-17(18(21)22)12-13-8-10-14(20)11-9-13/h4-11,17H,12H2,1-3H3,(H,21,22)/t17-/m1/s1. The lowest BCUT2D eigenvalue weighted by Gasteiger charge is -2.24. The Kier molecular flexibility index (Phi) is 5.32. The molecule has 0 bridgehead atoms. The number of aliphatic carboxylic acids is 1. The SMILES string of the molecule is CC(C)(C)c1ccccc1O[C@H](Cc1ccc(Cl)cc1)C(=O)O. The van der Waals surface area contributed by atoms with Crippen molar-refractivity contribution in [1.82, 2.24) is 0 Å². The highest BCUT2D eigenvalue weighted by Crippen LogP contribution is 2.32. The Bertz CT molecular complexity index is 672. The third-order valence-corrected chi connectivity index (χ3v) is 3.83. The lowest BCUT2D eigenvalue weighted by Crippen LogP contribution is -2.30. The van der Waals surface area contributed by atoms with Gasteiger partial charge in [-0.15, -0.1) is 0 Å². The summed E-state index contributed by atoms with van der Waals surface area (Å²) in [6.45, 7) is 6.22. The van der Waals surface area contributed by atoms with E-state index in [0.29, 0.717) is 10.8 Å². The van der Waals surface area contributed by atoms with Crippen molar-refractivity contribution in [2.24, 2.45) is 0 Å². The zero-order valence-electron chi connectivity index (χ0n) is 13.5. The number of carboxylic acid groups (broad SMARTS) is 1. The van der Waals surface area contributed by atoms with Crippen molar-refractivity contribution in [2.45, 2.75) is 38.7 Å². The van der Waals surface area contributed by atoms with E-state index in [0.717, 1.165) is 11.1 Å². The molecule has 2 rings (SSSR count). The van der Waals surface area contributed by atoms with E-state index in [1.54, 1.807) is 12.1 Å². The first kappa shape index (κ1) is 17.4. The zero-order chi connectivity index (χ0) is 17.0. The summed E-state index contributed by atoms with van der Waals surface area (Å²) >= 11 is 5.86. The van der Waals surface area contributed by atoms with E-state index in [1.807, 2.05) is 36.4 Å². The Labute approximate surface area is 141 Å². The second kappa shape index (κ2) is 7.05. The predicted octanol–water partition coefficient (Wildman–Crippen LogP) is 4.71. The van der Waals surface area contributed by atoms with E-state index in [9.17, 15) is 9.90 Å². The summed E-state index contributed by atoms with van der Waals surface area (Å²) in [5.74, 6) is -0.370. The van der Waals surface area contributed by atoms with Crippen LogP contribution in [0.4, 0.5) is 0 Å². The molecule has 4 heteroatoms. The van der Waals surface area contributed by atoms with Gasteiger partial charge in [0.15, 0.2) is 6.10 Å². The van der Waals surface area contributed by atoms with Crippen LogP contribution in [0, 0.1) is 0 Å². The number of benzene rings is 2. The molecule has 0 spiro atoms. The van der Waals surface area contributed by atoms with Crippen LogP contribution in [-0.4, -0.2) is 17.2 Å². The largest absolute Gasteiger partial charge is 0.478 e. The molecule has 0 amide bonds. The summed E-state index contributed by atoms with van der Waals surface area (Å²) in [5, 5.41) is 10.1. The van der Waals surface area contributed by atoms with Gasteiger partial charge in [0.25, 0.3) is 0 Å². The molecule has 0 aliphatic heterocycles. The number of hydrogen-bond donors (Lipinski definition) is 1. The van der Waals surface area contributed by atoms with Gasteiger partial charge in [-0.25, -0.2) is 4.79 Å². The zero-order valence-corrected chi connectivity index (χ0v) is 14.3. The quantitative estimate of drug-likeness (QED) is 0.862. The number of carbonyl (C=O) groups is 1. The molecule has 0 fully saturated rings. The van der Waals surface area contributed by atoms with Crippen LogP contribution in [0.25, 0.3) is 0 Å². The number of rotatable bonds is 5. The van der Waals surface area contributed by atoms with Crippen molar-refractivity contribution in [3.63, 3.8) is 0 Å². The highest BCUT2D eigenvalue weighted by Gasteiger charge is 2.24. The number of para-hydroxylation sites is 1. The van der Waals surface area contributed by atoms with E-state index in [1.165, 1.54) is 0 Å². The molecule has 0 saturated heterocycles. The van der Waals surface area contributed by atoms with Gasteiger partial charge in [-0.2, -0.15) is 0 Å². The Balaban J connectivity index is 2.24. The summed E-state index contributed by atoms with van der Waals surface area (Å²) in [6.07, 6.45) is -0.662. The first-order valence-electron chi connectivity index (χ1n) is 7.51. The average Bonchev–Trinajstić information content (AvgIpc) is 2.48. The molecule has 0 aliphatic rings. The van der Waals surface area contributed by atoms with Crippen molar-refractivity contribution in [3.8, 4) is 5.75 Å². The molecule has 1 atom stereocenters. The summed E-state index contributed by atoms with van der Waals surface area (Å²) in [5.41, 5.74) is 1.73. The normalized spacial score (nSPS) is 12.7. The number of carboxylic acids is 1. The molecule has 0 unspecified atom stereocenters. The van der Waals surface area contributed by atoms with E-state index in [4.69, 9.17) is 16.3 Å². The van der Waals surface area contributed by atoms with Gasteiger partial charge in [0.1, 0.15) is 5.75 Å². The molecule has 1 N–H and O–H groups in total. The van der Waals surface area contributed by atoms with Crippen LogP contribution in [-0.2, 0) is 16.6 Å². The van der Waals surface area contributed by atoms with Gasteiger partial charge in [0.05, 0.1) is 0 Å². The smallest absolute Gasteiger partial charge is 0.345 e. The Morgan fingerprint density at radius 3 is 2.30 bits per heavy atom. The molecule has 122 valence electrons. The predicted molar refractivity (Wildman–Crippen MR) is 92.3 cm³/mol. The fraction of sp³-hybridized carbons (Fsp3) is 0.316. The molecule has 0 aromatic heterocycles. The van der Waals surface area contributed by atoms with Crippen molar-refractivity contribution >= 4 is 17.6 Å². The van der Waals surface area contributed by atoms with Gasteiger partial charge in [0, 0.05) is 11.4 Å². The van der Waals surface area contributed by atoms with Crippen LogP contribution in [0.15, 0.2) is 48.5 Å². The molecule has 2 aromatic rings. The Hall–Kier alpha value is -2.00. The maximum atomic E-state index is 11.6. The molecule has 23 heavy (non-hydrogen) atoms. The lowest BCUT2D eigenvalue weighted by atomic mass is 9.86. The molecular formula is C19H21ClO3. The van der Waals surface area contributed by atoms with Crippen LogP contribution >= 0.6 is 11.6 Å². The van der Waals surface area contributed by atoms with Crippen LogP contribution in [0.1, 0.15) is 31.9 Å². The summed E-state index contributed by atoms with van der Waals surface area (Å²) in [4.78, 5) is 11.6. The fourth-order valence-electron chi connectivity index (χ4n) is 2.36. The van der Waals surface area contributed by atoms with Crippen LogP contribution in [0.2, 0.25) is 5.02 Å². The lowest BCUT2D eigenvalue weighted by molar-refractivity contribution is -0.145. The minimum absolute atomic E-state index is 0.125. The fourth-order valence-corrected chi connectivity index (χ4v) is 2.48. The third kappa shape index (κ3) is 4.73. The minimum atomic E-state index is -0.983. The van der Waals surface area contributed by atoms with Gasteiger partial charge >= 0.3 is 5.97 Å². The van der Waals surface area contributed by atoms with Gasteiger partial charge in [-0.05, 0) is 34.7 Å². The second-order valence-electron chi connectivity index (χ2n) is 6.52. The van der Waals surface area contributed by atoms with E-state index >= 15 is 0 Å². The molecule has 0 radical (unpaired) electrons. The average molecular weight is 333 g/mol. The highest BCUT2D eigenvalue weighted by molar-refractivity contribution is 6.30. The molecule has 0 heterocycles. The van der Waals surface area contributed by atoms with Gasteiger partial charge in [0.2, 0.25) is 0 Å². The van der Waals surface area contributed by atoms with Crippen LogP contribution in [0.5, 0.6) is 5.75 Å². The third-order valence-electron chi connectivity index (χ3n) is 3.57. The van der Waals surface area contributed by atoms with Crippen molar-refractivity contribution < 1.29 is 14.6 Å². The summed E-state index contributed by atoms with van der Waals surface area (Å²) in [6, 6.07) is 14.7. The summed E-state index contributed by atoms with van der Waals surface area (Å²) in [7, 11) is 0. The van der Waals surface area contributed by atoms with Crippen molar-refractivity contribution in [2.75, 3.05) is 0 Å². The molecular weight excluding hydrogens is 312 g/mol. The Morgan fingerprint density at radius 1 is 1.13 bits per heavy atom. The highest BCUT2D eigenvalue weighted by atomic mass is 35.5. The first-order valence-corrected chi connectivity index (χ1v) is 7.88. The number of hydrogen-bond acceptors (Lipinski definition) is 2. The minimum Gasteiger partial charge on any atom is -0.478 e. The van der Waals surface area contributed by atoms with Crippen LogP contribution < -0.4 is 4.74 Å². The van der Waals surface area contributed by atoms with Gasteiger partial charge in [-0.1, -0.05) is 62.7 Å². The number of halogens is 1. The van der Waals surface area contributed by atoms with E-state index in [-0.39, 0.29) is 11.8 Å². The van der Waals surface area contributed by atoms with E-state index < -0.39 is 12.1 Å². The molecule has 3 nitrogen and oxygen atoms in total. The summed E-state index contributed by atoms with van der Waals surface area (Å²) < 4.78 is 5.84. The monoisotopic (exact) mass is 332 g/mol. The van der Waals surface area contributed by atoms with Crippen LogP contribution in [0.3, 0.4) is 0 Å². The van der Waals surface area contributed by atoms with Gasteiger partial charge < -0.3 is 9.84 Å². The van der Waals surface area contributed by atoms with Gasteiger partial charge in [-0.3, -0.25) is 0 Å². The van der Waals surface area contributed by atoms with E-state index in [2.05, 4.69) is 20.8 Å². The Morgan fingerprint density at radius 2 is 1.74 bits per heavy atom. The van der Waals surface area contributed by atoms with Crippen molar-refractivity contribution in [3.05, 3.63) is 64.7 Å².